The van der Waals surface area contributed by atoms with E-state index in [9.17, 15) is 9.18 Å². The van der Waals surface area contributed by atoms with E-state index in [1.165, 1.54) is 80.3 Å². The zero-order valence-corrected chi connectivity index (χ0v) is 21.8. The summed E-state index contributed by atoms with van der Waals surface area (Å²) in [4.78, 5) is 12.2. The lowest BCUT2D eigenvalue weighted by Gasteiger charge is -2.06. The van der Waals surface area contributed by atoms with Gasteiger partial charge in [-0.2, -0.15) is 0 Å². The maximum atomic E-state index is 13.0. The van der Waals surface area contributed by atoms with Crippen LogP contribution in [0.4, 0.5) is 4.39 Å². The fourth-order valence-electron chi connectivity index (χ4n) is 4.21. The summed E-state index contributed by atoms with van der Waals surface area (Å²) in [7, 11) is 0. The van der Waals surface area contributed by atoms with Gasteiger partial charge in [-0.15, -0.1) is 0 Å². The molecule has 3 aromatic rings. The Labute approximate surface area is 221 Å². The third kappa shape index (κ3) is 11.1. The maximum absolute atomic E-state index is 13.0. The van der Waals surface area contributed by atoms with Crippen molar-refractivity contribution in [3.63, 3.8) is 0 Å². The van der Waals surface area contributed by atoms with Gasteiger partial charge in [0.2, 0.25) is 0 Å². The summed E-state index contributed by atoms with van der Waals surface area (Å²) in [6, 6.07) is 22.4. The molecule has 0 saturated heterocycles. The van der Waals surface area contributed by atoms with E-state index < -0.39 is 0 Å². The molecule has 0 spiro atoms. The highest BCUT2D eigenvalue weighted by Gasteiger charge is 2.02. The Morgan fingerprint density at radius 2 is 1.27 bits per heavy atom. The summed E-state index contributed by atoms with van der Waals surface area (Å²) in [6.07, 6.45) is 16.3. The van der Waals surface area contributed by atoms with Crippen LogP contribution in [0.1, 0.15) is 84.0 Å². The molecule has 3 aromatic carbocycles. The minimum absolute atomic E-state index is 0.122. The summed E-state index contributed by atoms with van der Waals surface area (Å²) in [5.74, 6) is -0.459. The monoisotopic (exact) mass is 498 g/mol. The summed E-state index contributed by atoms with van der Waals surface area (Å²) < 4.78 is 18.8. The fraction of sp³-hybridized carbons (Fsp3) is 0.324. The van der Waals surface area contributed by atoms with Crippen LogP contribution in [-0.4, -0.2) is 12.4 Å². The van der Waals surface area contributed by atoms with Crippen LogP contribution < -0.4 is 0 Å². The molecule has 0 radical (unpaired) electrons. The van der Waals surface area contributed by atoms with E-state index >= 15 is 0 Å². The molecule has 0 saturated carbocycles. The van der Waals surface area contributed by atoms with Crippen LogP contribution in [0.5, 0.6) is 0 Å². The zero-order valence-electron chi connectivity index (χ0n) is 21.8. The van der Waals surface area contributed by atoms with E-state index in [1.807, 2.05) is 24.3 Å². The average molecular weight is 499 g/mol. The Balaban J connectivity index is 1.17. The molecule has 37 heavy (non-hydrogen) atoms. The van der Waals surface area contributed by atoms with Gasteiger partial charge in [0.15, 0.2) is 5.78 Å². The first-order valence-corrected chi connectivity index (χ1v) is 13.5. The number of carbonyl (C=O) groups is 1. The Morgan fingerprint density at radius 3 is 1.92 bits per heavy atom. The Morgan fingerprint density at radius 1 is 0.703 bits per heavy atom. The zero-order chi connectivity index (χ0) is 26.1. The molecule has 0 fully saturated rings. The summed E-state index contributed by atoms with van der Waals surface area (Å²) >= 11 is 0. The van der Waals surface area contributed by atoms with Crippen LogP contribution in [0.25, 0.3) is 12.2 Å². The third-order valence-electron chi connectivity index (χ3n) is 6.52. The number of ketones is 1. The van der Waals surface area contributed by atoms with Gasteiger partial charge in [-0.3, -0.25) is 4.79 Å². The molecular weight excluding hydrogens is 459 g/mol. The number of allylic oxidation sites excluding steroid dienone is 1. The normalized spacial score (nSPS) is 11.2. The van der Waals surface area contributed by atoms with Gasteiger partial charge in [-0.1, -0.05) is 106 Å². The highest BCUT2D eigenvalue weighted by molar-refractivity contribution is 6.06. The second-order valence-corrected chi connectivity index (χ2v) is 9.52. The molecule has 0 unspecified atom stereocenters. The first-order chi connectivity index (χ1) is 18.1. The summed E-state index contributed by atoms with van der Waals surface area (Å²) in [6.45, 7) is 5.30. The van der Waals surface area contributed by atoms with Gasteiger partial charge >= 0.3 is 0 Å². The van der Waals surface area contributed by atoms with Crippen LogP contribution in [0.2, 0.25) is 0 Å². The molecule has 0 atom stereocenters. The van der Waals surface area contributed by atoms with Gasteiger partial charge in [0.05, 0.1) is 6.61 Å². The lowest BCUT2D eigenvalue weighted by Crippen LogP contribution is -1.95. The number of hydrogen-bond donors (Lipinski definition) is 0. The molecule has 3 rings (SSSR count). The molecule has 0 aliphatic heterocycles. The minimum Gasteiger partial charge on any atom is -0.377 e. The highest BCUT2D eigenvalue weighted by atomic mass is 19.1. The van der Waals surface area contributed by atoms with E-state index in [0.717, 1.165) is 30.6 Å². The lowest BCUT2D eigenvalue weighted by molar-refractivity contribution is 0.104. The van der Waals surface area contributed by atoms with Gasteiger partial charge in [0, 0.05) is 12.2 Å². The molecule has 194 valence electrons. The Hall–Kier alpha value is -3.30. The minimum atomic E-state index is -0.337. The van der Waals surface area contributed by atoms with Crippen molar-refractivity contribution in [2.24, 2.45) is 0 Å². The number of unbranched alkanes of at least 4 members (excludes halogenated alkanes) is 7. The van der Waals surface area contributed by atoms with Crippen molar-refractivity contribution in [2.75, 3.05) is 6.61 Å². The van der Waals surface area contributed by atoms with Crippen LogP contribution >= 0.6 is 0 Å². The van der Waals surface area contributed by atoms with Crippen molar-refractivity contribution in [2.45, 2.75) is 64.4 Å². The Bertz CT molecular complexity index is 1100. The highest BCUT2D eigenvalue weighted by Crippen LogP contribution is 2.14. The van der Waals surface area contributed by atoms with Gasteiger partial charge in [-0.05, 0) is 71.9 Å². The number of benzene rings is 3. The van der Waals surface area contributed by atoms with Crippen LogP contribution in [0.3, 0.4) is 0 Å². The predicted molar refractivity (Wildman–Crippen MR) is 153 cm³/mol. The van der Waals surface area contributed by atoms with Crippen molar-refractivity contribution in [1.82, 2.24) is 0 Å². The van der Waals surface area contributed by atoms with E-state index in [4.69, 9.17) is 4.74 Å². The van der Waals surface area contributed by atoms with E-state index in [2.05, 4.69) is 43.0 Å². The van der Waals surface area contributed by atoms with Crippen molar-refractivity contribution in [3.8, 4) is 0 Å². The number of rotatable bonds is 17. The molecule has 0 amide bonds. The second-order valence-electron chi connectivity index (χ2n) is 9.52. The lowest BCUT2D eigenvalue weighted by atomic mass is 10.0. The topological polar surface area (TPSA) is 26.3 Å². The predicted octanol–water partition coefficient (Wildman–Crippen LogP) is 9.24. The number of halogens is 1. The number of hydrogen-bond acceptors (Lipinski definition) is 2. The molecule has 3 heteroatoms. The SMILES string of the molecule is C=Cc1ccc(COCCCCCCCCCCc2ccc(/C=C/C(=O)c3ccc(F)cc3)cc2)cc1. The maximum Gasteiger partial charge on any atom is 0.185 e. The fourth-order valence-corrected chi connectivity index (χ4v) is 4.21. The van der Waals surface area contributed by atoms with Crippen molar-refractivity contribution in [3.05, 3.63) is 119 Å². The second kappa shape index (κ2) is 16.4. The molecule has 0 aliphatic rings. The first kappa shape index (κ1) is 28.3. The van der Waals surface area contributed by atoms with Gasteiger partial charge < -0.3 is 4.74 Å². The Kier molecular flexibility index (Phi) is 12.6. The van der Waals surface area contributed by atoms with Gasteiger partial charge in [-0.25, -0.2) is 4.39 Å². The molecule has 0 heterocycles. The molecular formula is C34H39FO2. The van der Waals surface area contributed by atoms with Crippen molar-refractivity contribution in [1.29, 1.82) is 0 Å². The largest absolute Gasteiger partial charge is 0.377 e. The van der Waals surface area contributed by atoms with E-state index in [0.29, 0.717) is 12.2 Å². The van der Waals surface area contributed by atoms with Crippen LogP contribution in [0.15, 0.2) is 85.5 Å². The van der Waals surface area contributed by atoms with Crippen molar-refractivity contribution < 1.29 is 13.9 Å². The number of aryl methyl sites for hydroxylation is 1. The molecule has 2 nitrogen and oxygen atoms in total. The quantitative estimate of drug-likeness (QED) is 0.105. The summed E-state index contributed by atoms with van der Waals surface area (Å²) in [5, 5.41) is 0. The average Bonchev–Trinajstić information content (AvgIpc) is 2.93. The number of ether oxygens (including phenoxy) is 1. The molecule has 0 aliphatic carbocycles. The van der Waals surface area contributed by atoms with Gasteiger partial charge in [0.1, 0.15) is 5.82 Å². The van der Waals surface area contributed by atoms with Crippen LogP contribution in [0, 0.1) is 5.82 Å². The third-order valence-corrected chi connectivity index (χ3v) is 6.52. The smallest absolute Gasteiger partial charge is 0.185 e. The van der Waals surface area contributed by atoms with Crippen molar-refractivity contribution >= 4 is 17.9 Å². The van der Waals surface area contributed by atoms with Gasteiger partial charge in [0.25, 0.3) is 0 Å². The van der Waals surface area contributed by atoms with Crippen LogP contribution in [-0.2, 0) is 17.8 Å². The summed E-state index contributed by atoms with van der Waals surface area (Å²) in [5.41, 5.74) is 5.17. The molecule has 0 N–H and O–H groups in total. The van der Waals surface area contributed by atoms with E-state index in [1.54, 1.807) is 6.08 Å². The molecule has 0 aromatic heterocycles. The molecule has 0 bridgehead atoms. The number of carbonyl (C=O) groups excluding carboxylic acids is 1. The standard InChI is InChI=1S/C34H39FO2/c1-2-28-12-18-31(19-13-28)27-37-26-10-8-6-4-3-5-7-9-11-29-14-16-30(17-15-29)20-25-34(36)32-21-23-33(35)24-22-32/h2,12-25H,1,3-11,26-27H2/b25-20+. The first-order valence-electron chi connectivity index (χ1n) is 13.5. The van der Waals surface area contributed by atoms with E-state index in [-0.39, 0.29) is 11.6 Å².